The van der Waals surface area contributed by atoms with E-state index in [1.54, 1.807) is 11.8 Å². The SMILES string of the molecule is CCN1CCC(c2c(F)cnn2CCOC)CC1. The molecule has 0 aromatic carbocycles. The predicted octanol–water partition coefficient (Wildman–Crippen LogP) is 1.87. The van der Waals surface area contributed by atoms with Crippen LogP contribution in [0, 0.1) is 5.82 Å². The zero-order valence-corrected chi connectivity index (χ0v) is 11.2. The van der Waals surface area contributed by atoms with E-state index >= 15 is 0 Å². The van der Waals surface area contributed by atoms with Crippen LogP contribution >= 0.6 is 0 Å². The molecule has 0 amide bonds. The molecule has 0 bridgehead atoms. The molecule has 5 heteroatoms. The van der Waals surface area contributed by atoms with Gasteiger partial charge in [-0.1, -0.05) is 6.92 Å². The molecule has 0 spiro atoms. The summed E-state index contributed by atoms with van der Waals surface area (Å²) < 4.78 is 20.7. The Morgan fingerprint density at radius 1 is 1.44 bits per heavy atom. The van der Waals surface area contributed by atoms with Crippen molar-refractivity contribution in [1.82, 2.24) is 14.7 Å². The minimum Gasteiger partial charge on any atom is -0.383 e. The molecule has 1 aromatic heterocycles. The number of hydrogen-bond acceptors (Lipinski definition) is 3. The van der Waals surface area contributed by atoms with Crippen LogP contribution in [0.25, 0.3) is 0 Å². The van der Waals surface area contributed by atoms with Crippen molar-refractivity contribution in [1.29, 1.82) is 0 Å². The molecule has 0 aliphatic carbocycles. The van der Waals surface area contributed by atoms with Crippen molar-refractivity contribution < 1.29 is 9.13 Å². The Kier molecular flexibility index (Phi) is 4.72. The van der Waals surface area contributed by atoms with E-state index in [4.69, 9.17) is 4.74 Å². The lowest BCUT2D eigenvalue weighted by Gasteiger charge is -2.31. The number of halogens is 1. The second-order valence-corrected chi connectivity index (χ2v) is 4.80. The number of methoxy groups -OCH3 is 1. The third-order valence-electron chi connectivity index (χ3n) is 3.76. The van der Waals surface area contributed by atoms with E-state index in [0.717, 1.165) is 38.2 Å². The standard InChI is InChI=1S/C13H22FN3O/c1-3-16-6-4-11(5-7-16)13-12(14)10-15-17(13)8-9-18-2/h10-11H,3-9H2,1-2H3. The van der Waals surface area contributed by atoms with Crippen molar-refractivity contribution in [3.8, 4) is 0 Å². The Labute approximate surface area is 108 Å². The molecule has 2 rings (SSSR count). The average molecular weight is 255 g/mol. The fraction of sp³-hybridized carbons (Fsp3) is 0.769. The summed E-state index contributed by atoms with van der Waals surface area (Å²) in [7, 11) is 1.65. The maximum Gasteiger partial charge on any atom is 0.164 e. The van der Waals surface area contributed by atoms with Crippen LogP contribution in [-0.4, -0.2) is 48.0 Å². The fourth-order valence-corrected chi connectivity index (χ4v) is 2.66. The second kappa shape index (κ2) is 6.29. The quantitative estimate of drug-likeness (QED) is 0.804. The van der Waals surface area contributed by atoms with Gasteiger partial charge in [0.1, 0.15) is 0 Å². The van der Waals surface area contributed by atoms with Crippen LogP contribution in [0.1, 0.15) is 31.4 Å². The van der Waals surface area contributed by atoms with Crippen molar-refractivity contribution in [2.45, 2.75) is 32.2 Å². The second-order valence-electron chi connectivity index (χ2n) is 4.80. The van der Waals surface area contributed by atoms with Gasteiger partial charge in [-0.3, -0.25) is 4.68 Å². The zero-order valence-electron chi connectivity index (χ0n) is 11.2. The first-order valence-electron chi connectivity index (χ1n) is 6.68. The maximum atomic E-state index is 13.9. The Bertz CT molecular complexity index is 372. The lowest BCUT2D eigenvalue weighted by Crippen LogP contribution is -2.33. The largest absolute Gasteiger partial charge is 0.383 e. The van der Waals surface area contributed by atoms with E-state index in [1.807, 2.05) is 0 Å². The molecule has 1 aliphatic heterocycles. The van der Waals surface area contributed by atoms with E-state index in [9.17, 15) is 4.39 Å². The van der Waals surface area contributed by atoms with Crippen LogP contribution in [0.3, 0.4) is 0 Å². The summed E-state index contributed by atoms with van der Waals surface area (Å²) in [5.41, 5.74) is 0.766. The van der Waals surface area contributed by atoms with E-state index in [0.29, 0.717) is 19.1 Å². The molecular weight excluding hydrogens is 233 g/mol. The van der Waals surface area contributed by atoms with Crippen LogP contribution in [0.4, 0.5) is 4.39 Å². The van der Waals surface area contributed by atoms with Crippen molar-refractivity contribution >= 4 is 0 Å². The van der Waals surface area contributed by atoms with E-state index in [2.05, 4.69) is 16.9 Å². The molecule has 18 heavy (non-hydrogen) atoms. The highest BCUT2D eigenvalue weighted by Gasteiger charge is 2.25. The molecule has 1 aliphatic rings. The minimum absolute atomic E-state index is 0.166. The van der Waals surface area contributed by atoms with Gasteiger partial charge in [0, 0.05) is 13.0 Å². The molecule has 102 valence electrons. The third-order valence-corrected chi connectivity index (χ3v) is 3.76. The molecule has 0 N–H and O–H groups in total. The van der Waals surface area contributed by atoms with Crippen LogP contribution in [0.2, 0.25) is 0 Å². The lowest BCUT2D eigenvalue weighted by atomic mass is 9.93. The van der Waals surface area contributed by atoms with E-state index in [-0.39, 0.29) is 5.82 Å². The highest BCUT2D eigenvalue weighted by atomic mass is 19.1. The van der Waals surface area contributed by atoms with Crippen molar-refractivity contribution in [2.75, 3.05) is 33.4 Å². The van der Waals surface area contributed by atoms with Crippen molar-refractivity contribution in [3.63, 3.8) is 0 Å². The minimum atomic E-state index is -0.166. The summed E-state index contributed by atoms with van der Waals surface area (Å²) >= 11 is 0. The predicted molar refractivity (Wildman–Crippen MR) is 68.2 cm³/mol. The Hall–Kier alpha value is -0.940. The molecule has 0 atom stereocenters. The number of ether oxygens (including phenoxy) is 1. The maximum absolute atomic E-state index is 13.9. The summed E-state index contributed by atoms with van der Waals surface area (Å²) in [6, 6.07) is 0. The normalized spacial score (nSPS) is 18.4. The van der Waals surface area contributed by atoms with Crippen LogP contribution in [0.5, 0.6) is 0 Å². The van der Waals surface area contributed by atoms with Gasteiger partial charge < -0.3 is 9.64 Å². The molecule has 1 fully saturated rings. The summed E-state index contributed by atoms with van der Waals surface area (Å²) in [5, 5.41) is 4.12. The summed E-state index contributed by atoms with van der Waals surface area (Å²) in [6.07, 6.45) is 3.37. The Balaban J connectivity index is 2.05. The van der Waals surface area contributed by atoms with E-state index < -0.39 is 0 Å². The Morgan fingerprint density at radius 2 is 2.17 bits per heavy atom. The molecule has 4 nitrogen and oxygen atoms in total. The molecular formula is C13H22FN3O. The van der Waals surface area contributed by atoms with Gasteiger partial charge in [0.2, 0.25) is 0 Å². The summed E-state index contributed by atoms with van der Waals surface area (Å²) in [4.78, 5) is 2.41. The number of likely N-dealkylation sites (tertiary alicyclic amines) is 1. The first-order chi connectivity index (χ1) is 8.76. The van der Waals surface area contributed by atoms with Crippen LogP contribution in [0.15, 0.2) is 6.20 Å². The first kappa shape index (κ1) is 13.5. The summed E-state index contributed by atoms with van der Waals surface area (Å²) in [5.74, 6) is 0.133. The fourth-order valence-electron chi connectivity index (χ4n) is 2.66. The smallest absolute Gasteiger partial charge is 0.164 e. The lowest BCUT2D eigenvalue weighted by molar-refractivity contribution is 0.178. The highest BCUT2D eigenvalue weighted by Crippen LogP contribution is 2.29. The molecule has 1 saturated heterocycles. The average Bonchev–Trinajstić information content (AvgIpc) is 2.77. The van der Waals surface area contributed by atoms with Crippen LogP contribution < -0.4 is 0 Å². The van der Waals surface area contributed by atoms with Gasteiger partial charge >= 0.3 is 0 Å². The van der Waals surface area contributed by atoms with E-state index in [1.165, 1.54) is 6.20 Å². The van der Waals surface area contributed by atoms with Crippen LogP contribution in [-0.2, 0) is 11.3 Å². The number of piperidine rings is 1. The van der Waals surface area contributed by atoms with Gasteiger partial charge in [0.15, 0.2) is 5.82 Å². The van der Waals surface area contributed by atoms with Gasteiger partial charge in [0.25, 0.3) is 0 Å². The third kappa shape index (κ3) is 2.90. The molecule has 2 heterocycles. The monoisotopic (exact) mass is 255 g/mol. The number of rotatable bonds is 5. The van der Waals surface area contributed by atoms with Crippen molar-refractivity contribution in [2.24, 2.45) is 0 Å². The number of aromatic nitrogens is 2. The zero-order chi connectivity index (χ0) is 13.0. The molecule has 0 radical (unpaired) electrons. The van der Waals surface area contributed by atoms with Gasteiger partial charge in [-0.25, -0.2) is 4.39 Å². The topological polar surface area (TPSA) is 30.3 Å². The van der Waals surface area contributed by atoms with Gasteiger partial charge in [0.05, 0.1) is 25.0 Å². The molecule has 0 unspecified atom stereocenters. The molecule has 1 aromatic rings. The highest BCUT2D eigenvalue weighted by molar-refractivity contribution is 5.12. The van der Waals surface area contributed by atoms with Gasteiger partial charge in [-0.2, -0.15) is 5.10 Å². The molecule has 0 saturated carbocycles. The first-order valence-corrected chi connectivity index (χ1v) is 6.68. The number of hydrogen-bond donors (Lipinski definition) is 0. The van der Waals surface area contributed by atoms with Gasteiger partial charge in [-0.15, -0.1) is 0 Å². The number of nitrogens with zero attached hydrogens (tertiary/aromatic N) is 3. The van der Waals surface area contributed by atoms with Gasteiger partial charge in [-0.05, 0) is 32.5 Å². The Morgan fingerprint density at radius 3 is 2.78 bits per heavy atom. The van der Waals surface area contributed by atoms with Crippen molar-refractivity contribution in [3.05, 3.63) is 17.7 Å². The summed E-state index contributed by atoms with van der Waals surface area (Å²) in [6.45, 7) is 6.56.